The molecule has 1 amide bonds. The van der Waals surface area contributed by atoms with E-state index >= 15 is 0 Å². The number of rotatable bonds is 5. The number of nitrogens with zero attached hydrogens (tertiary/aromatic N) is 1. The van der Waals surface area contributed by atoms with Crippen LogP contribution in [0, 0.1) is 0 Å². The zero-order chi connectivity index (χ0) is 13.1. The molecule has 0 aliphatic heterocycles. The van der Waals surface area contributed by atoms with Crippen LogP contribution < -0.4 is 0 Å². The summed E-state index contributed by atoms with van der Waals surface area (Å²) in [6.07, 6.45) is 2.77. The summed E-state index contributed by atoms with van der Waals surface area (Å²) in [4.78, 5) is 15.9. The van der Waals surface area contributed by atoms with Crippen LogP contribution in [-0.2, 0) is 17.6 Å². The fourth-order valence-electron chi connectivity index (χ4n) is 2.27. The van der Waals surface area contributed by atoms with E-state index in [9.17, 15) is 9.90 Å². The molecule has 0 saturated heterocycles. The summed E-state index contributed by atoms with van der Waals surface area (Å²) >= 11 is 1.59. The van der Waals surface area contributed by atoms with Gasteiger partial charge in [-0.1, -0.05) is 0 Å². The van der Waals surface area contributed by atoms with E-state index in [1.54, 1.807) is 23.3 Å². The first-order valence-electron chi connectivity index (χ1n) is 6.16. The van der Waals surface area contributed by atoms with Gasteiger partial charge in [0.25, 0.3) is 5.91 Å². The minimum atomic E-state index is -0.629. The Morgan fingerprint density at radius 2 is 2.39 bits per heavy atom. The smallest absolute Gasteiger partial charge is 0.263 e. The fourth-order valence-corrected chi connectivity index (χ4v) is 3.51. The van der Waals surface area contributed by atoms with Gasteiger partial charge >= 0.3 is 0 Å². The second-order valence-electron chi connectivity index (χ2n) is 4.71. The van der Waals surface area contributed by atoms with Gasteiger partial charge in [-0.25, -0.2) is 0 Å². The van der Waals surface area contributed by atoms with Gasteiger partial charge < -0.3 is 14.7 Å². The van der Waals surface area contributed by atoms with Crippen molar-refractivity contribution in [2.45, 2.75) is 25.4 Å². The molecule has 0 saturated carbocycles. The maximum atomic E-state index is 12.2. The molecule has 1 N–H and O–H groups in total. The number of thiophene rings is 1. The average Bonchev–Trinajstić information content (AvgIpc) is 2.87. The zero-order valence-corrected chi connectivity index (χ0v) is 11.6. The van der Waals surface area contributed by atoms with E-state index in [-0.39, 0.29) is 12.5 Å². The van der Waals surface area contributed by atoms with Crippen molar-refractivity contribution >= 4 is 17.2 Å². The molecular formula is C13H19NO3S. The van der Waals surface area contributed by atoms with Crippen LogP contribution in [-0.4, -0.2) is 49.3 Å². The Balaban J connectivity index is 1.97. The van der Waals surface area contributed by atoms with Crippen molar-refractivity contribution in [1.29, 1.82) is 0 Å². The molecule has 0 aromatic carbocycles. The topological polar surface area (TPSA) is 49.8 Å². The predicted molar refractivity (Wildman–Crippen MR) is 71.2 cm³/mol. The molecule has 1 heterocycles. The third kappa shape index (κ3) is 2.91. The number of hydrogen-bond donors (Lipinski definition) is 1. The number of aliphatic hydroxyl groups is 1. The maximum Gasteiger partial charge on any atom is 0.263 e. The highest BCUT2D eigenvalue weighted by molar-refractivity contribution is 7.14. The van der Waals surface area contributed by atoms with Crippen LogP contribution in [0.2, 0.25) is 0 Å². The molecule has 0 bridgehead atoms. The van der Waals surface area contributed by atoms with E-state index < -0.39 is 6.10 Å². The highest BCUT2D eigenvalue weighted by atomic mass is 32.1. The first-order chi connectivity index (χ1) is 8.61. The molecule has 1 aliphatic rings. The summed E-state index contributed by atoms with van der Waals surface area (Å²) in [5.74, 6) is -0.00967. The number of aryl methyl sites for hydroxylation is 2. The normalized spacial score (nSPS) is 15.5. The van der Waals surface area contributed by atoms with Crippen LogP contribution in [0.5, 0.6) is 0 Å². The lowest BCUT2D eigenvalue weighted by Crippen LogP contribution is -2.35. The van der Waals surface area contributed by atoms with Gasteiger partial charge in [-0.2, -0.15) is 0 Å². The molecule has 18 heavy (non-hydrogen) atoms. The molecule has 1 unspecified atom stereocenters. The summed E-state index contributed by atoms with van der Waals surface area (Å²) in [5, 5.41) is 9.62. The molecule has 0 radical (unpaired) electrons. The van der Waals surface area contributed by atoms with Gasteiger partial charge in [0.2, 0.25) is 0 Å². The number of aliphatic hydroxyl groups excluding tert-OH is 1. The largest absolute Gasteiger partial charge is 0.389 e. The second kappa shape index (κ2) is 5.82. The number of likely N-dealkylation sites (N-methyl/N-ethyl adjacent to an activating group) is 1. The number of carbonyl (C=O) groups excluding carboxylic acids is 1. The number of carbonyl (C=O) groups is 1. The molecule has 2 rings (SSSR count). The lowest BCUT2D eigenvalue weighted by atomic mass is 10.2. The summed E-state index contributed by atoms with van der Waals surface area (Å²) in [7, 11) is 3.25. The lowest BCUT2D eigenvalue weighted by molar-refractivity contribution is 0.0382. The molecule has 5 heteroatoms. The zero-order valence-electron chi connectivity index (χ0n) is 10.8. The number of fused-ring (bicyclic) bond motifs is 1. The molecule has 4 nitrogen and oxygen atoms in total. The molecule has 1 aliphatic carbocycles. The molecule has 0 spiro atoms. The Morgan fingerprint density at radius 1 is 1.61 bits per heavy atom. The number of methoxy groups -OCH3 is 1. The van der Waals surface area contributed by atoms with Crippen molar-refractivity contribution < 1.29 is 14.6 Å². The van der Waals surface area contributed by atoms with Gasteiger partial charge in [0.1, 0.15) is 0 Å². The van der Waals surface area contributed by atoms with E-state index in [4.69, 9.17) is 4.74 Å². The molecule has 0 fully saturated rings. The van der Waals surface area contributed by atoms with Gasteiger partial charge in [0.15, 0.2) is 0 Å². The molecule has 100 valence electrons. The van der Waals surface area contributed by atoms with E-state index in [1.165, 1.54) is 24.0 Å². The van der Waals surface area contributed by atoms with Crippen LogP contribution in [0.4, 0.5) is 0 Å². The second-order valence-corrected chi connectivity index (χ2v) is 5.84. The van der Waals surface area contributed by atoms with Crippen molar-refractivity contribution in [3.8, 4) is 0 Å². The van der Waals surface area contributed by atoms with Crippen molar-refractivity contribution in [2.24, 2.45) is 0 Å². The van der Waals surface area contributed by atoms with Crippen molar-refractivity contribution in [3.05, 3.63) is 21.4 Å². The van der Waals surface area contributed by atoms with Crippen LogP contribution in [0.3, 0.4) is 0 Å². The minimum Gasteiger partial charge on any atom is -0.389 e. The summed E-state index contributed by atoms with van der Waals surface area (Å²) in [6.45, 7) is 0.549. The Morgan fingerprint density at radius 3 is 3.06 bits per heavy atom. The summed E-state index contributed by atoms with van der Waals surface area (Å²) < 4.78 is 4.85. The Labute approximate surface area is 111 Å². The van der Waals surface area contributed by atoms with E-state index in [2.05, 4.69) is 0 Å². The minimum absolute atomic E-state index is 0.00967. The highest BCUT2D eigenvalue weighted by Crippen LogP contribution is 2.31. The first kappa shape index (κ1) is 13.5. The average molecular weight is 269 g/mol. The van der Waals surface area contributed by atoms with Crippen LogP contribution in [0.25, 0.3) is 0 Å². The third-order valence-electron chi connectivity index (χ3n) is 3.15. The Kier molecular flexibility index (Phi) is 4.37. The third-order valence-corrected chi connectivity index (χ3v) is 4.37. The van der Waals surface area contributed by atoms with E-state index in [0.29, 0.717) is 6.54 Å². The van der Waals surface area contributed by atoms with Gasteiger partial charge in [0.05, 0.1) is 17.6 Å². The molecule has 1 aromatic heterocycles. The van der Waals surface area contributed by atoms with Crippen LogP contribution in [0.15, 0.2) is 6.07 Å². The van der Waals surface area contributed by atoms with Crippen LogP contribution in [0.1, 0.15) is 26.5 Å². The SMILES string of the molecule is COCC(O)CN(C)C(=O)c1cc2c(s1)CCC2. The molecular weight excluding hydrogens is 250 g/mol. The number of ether oxygens (including phenoxy) is 1. The van der Waals surface area contributed by atoms with Gasteiger partial charge in [-0.3, -0.25) is 4.79 Å². The van der Waals surface area contributed by atoms with Crippen molar-refractivity contribution in [3.63, 3.8) is 0 Å². The Hall–Kier alpha value is -0.910. The molecule has 1 atom stereocenters. The monoisotopic (exact) mass is 269 g/mol. The van der Waals surface area contributed by atoms with Crippen molar-refractivity contribution in [1.82, 2.24) is 4.90 Å². The quantitative estimate of drug-likeness (QED) is 0.877. The van der Waals surface area contributed by atoms with Crippen LogP contribution >= 0.6 is 11.3 Å². The standard InChI is InChI=1S/C13H19NO3S/c1-14(7-10(15)8-17-2)13(16)12-6-9-4-3-5-11(9)18-12/h6,10,15H,3-5,7-8H2,1-2H3. The van der Waals surface area contributed by atoms with Crippen molar-refractivity contribution in [2.75, 3.05) is 27.3 Å². The molecule has 1 aromatic rings. The first-order valence-corrected chi connectivity index (χ1v) is 6.97. The fraction of sp³-hybridized carbons (Fsp3) is 0.615. The number of hydrogen-bond acceptors (Lipinski definition) is 4. The Bertz CT molecular complexity index is 408. The number of amides is 1. The highest BCUT2D eigenvalue weighted by Gasteiger charge is 2.21. The lowest BCUT2D eigenvalue weighted by Gasteiger charge is -2.19. The predicted octanol–water partition coefficient (Wildman–Crippen LogP) is 1.32. The van der Waals surface area contributed by atoms with E-state index in [0.717, 1.165) is 17.7 Å². The maximum absolute atomic E-state index is 12.2. The van der Waals surface area contributed by atoms with Gasteiger partial charge in [-0.05, 0) is 30.9 Å². The summed E-state index contributed by atoms with van der Waals surface area (Å²) in [5.41, 5.74) is 1.33. The summed E-state index contributed by atoms with van der Waals surface area (Å²) in [6, 6.07) is 2.01. The van der Waals surface area contributed by atoms with Gasteiger partial charge in [-0.15, -0.1) is 11.3 Å². The van der Waals surface area contributed by atoms with Gasteiger partial charge in [0, 0.05) is 25.6 Å². The van der Waals surface area contributed by atoms with E-state index in [1.807, 2.05) is 6.07 Å².